The Morgan fingerprint density at radius 3 is 2.52 bits per heavy atom. The first-order chi connectivity index (χ1) is 12.7. The van der Waals surface area contributed by atoms with Crippen LogP contribution in [0.2, 0.25) is 0 Å². The second-order valence-electron chi connectivity index (χ2n) is 7.33. The van der Waals surface area contributed by atoms with Crippen LogP contribution in [-0.4, -0.2) is 41.0 Å². The monoisotopic (exact) mass is 374 g/mol. The highest BCUT2D eigenvalue weighted by molar-refractivity contribution is 5.92. The molecule has 0 radical (unpaired) electrons. The van der Waals surface area contributed by atoms with E-state index in [9.17, 15) is 9.18 Å². The number of aromatic nitrogens is 2. The van der Waals surface area contributed by atoms with E-state index in [-0.39, 0.29) is 30.4 Å². The van der Waals surface area contributed by atoms with Crippen molar-refractivity contribution >= 4 is 17.3 Å². The molecule has 6 nitrogen and oxygen atoms in total. The molecule has 1 fully saturated rings. The van der Waals surface area contributed by atoms with Gasteiger partial charge in [0.05, 0.1) is 30.0 Å². The largest absolute Gasteiger partial charge is 0.372 e. The van der Waals surface area contributed by atoms with Gasteiger partial charge in [-0.25, -0.2) is 4.39 Å². The average Bonchev–Trinajstić information content (AvgIpc) is 2.80. The molecule has 0 spiro atoms. The van der Waals surface area contributed by atoms with Crippen LogP contribution in [0.5, 0.6) is 0 Å². The standard InChI is InChI=1S/C20H27FN4O2/c1-12-10-25(11-13(2)27-12)19-7-6-16(8-18(19)21)22-20(26)9-17-14(3)23-24(5)15(17)4/h6-8,12-13H,9-11H2,1-5H3,(H,22,26). The predicted octanol–water partition coefficient (Wildman–Crippen LogP) is 2.97. The lowest BCUT2D eigenvalue weighted by molar-refractivity contribution is -0.115. The van der Waals surface area contributed by atoms with Crippen molar-refractivity contribution in [1.82, 2.24) is 9.78 Å². The van der Waals surface area contributed by atoms with E-state index in [0.717, 1.165) is 17.0 Å². The molecule has 2 aromatic rings. The molecule has 0 bridgehead atoms. The van der Waals surface area contributed by atoms with Crippen LogP contribution in [0.4, 0.5) is 15.8 Å². The first-order valence-corrected chi connectivity index (χ1v) is 9.23. The summed E-state index contributed by atoms with van der Waals surface area (Å²) in [4.78, 5) is 14.4. The number of anilines is 2. The molecule has 2 heterocycles. The van der Waals surface area contributed by atoms with Crippen molar-refractivity contribution in [2.45, 2.75) is 46.3 Å². The Morgan fingerprint density at radius 1 is 1.30 bits per heavy atom. The van der Waals surface area contributed by atoms with E-state index in [1.165, 1.54) is 6.07 Å². The molecule has 1 aromatic heterocycles. The van der Waals surface area contributed by atoms with Gasteiger partial charge in [-0.05, 0) is 45.9 Å². The number of hydrogen-bond acceptors (Lipinski definition) is 4. The Morgan fingerprint density at radius 2 is 1.96 bits per heavy atom. The Balaban J connectivity index is 1.69. The number of rotatable bonds is 4. The lowest BCUT2D eigenvalue weighted by Gasteiger charge is -2.37. The number of hydrogen-bond donors (Lipinski definition) is 1. The first-order valence-electron chi connectivity index (χ1n) is 9.23. The summed E-state index contributed by atoms with van der Waals surface area (Å²) < 4.78 is 22.1. The van der Waals surface area contributed by atoms with E-state index in [1.807, 2.05) is 39.6 Å². The summed E-state index contributed by atoms with van der Waals surface area (Å²) in [6.45, 7) is 9.07. The minimum atomic E-state index is -0.345. The van der Waals surface area contributed by atoms with Crippen molar-refractivity contribution in [3.8, 4) is 0 Å². The third-order valence-corrected chi connectivity index (χ3v) is 4.99. The van der Waals surface area contributed by atoms with Gasteiger partial charge in [0.25, 0.3) is 0 Å². The summed E-state index contributed by atoms with van der Waals surface area (Å²) in [5.41, 5.74) is 3.69. The molecule has 1 N–H and O–H groups in total. The SMILES string of the molecule is Cc1nn(C)c(C)c1CC(=O)Nc1ccc(N2CC(C)OC(C)C2)c(F)c1. The van der Waals surface area contributed by atoms with Crippen molar-refractivity contribution in [1.29, 1.82) is 0 Å². The molecule has 1 saturated heterocycles. The molecule has 2 unspecified atom stereocenters. The maximum Gasteiger partial charge on any atom is 0.228 e. The van der Waals surface area contributed by atoms with Gasteiger partial charge in [-0.15, -0.1) is 0 Å². The number of halogens is 1. The molecule has 3 rings (SSSR count). The van der Waals surface area contributed by atoms with E-state index < -0.39 is 0 Å². The lowest BCUT2D eigenvalue weighted by Crippen LogP contribution is -2.45. The molecule has 146 valence electrons. The number of nitrogens with one attached hydrogen (secondary N) is 1. The Hall–Kier alpha value is -2.41. The highest BCUT2D eigenvalue weighted by Crippen LogP contribution is 2.26. The zero-order valence-electron chi connectivity index (χ0n) is 16.5. The topological polar surface area (TPSA) is 59.4 Å². The summed E-state index contributed by atoms with van der Waals surface area (Å²) in [5.74, 6) is -0.530. The van der Waals surface area contributed by atoms with Gasteiger partial charge < -0.3 is 15.0 Å². The van der Waals surface area contributed by atoms with Gasteiger partial charge in [0.2, 0.25) is 5.91 Å². The maximum absolute atomic E-state index is 14.7. The second kappa shape index (κ2) is 7.68. The molecule has 1 amide bonds. The summed E-state index contributed by atoms with van der Waals surface area (Å²) in [6, 6.07) is 4.83. The Labute approximate surface area is 159 Å². The van der Waals surface area contributed by atoms with E-state index in [2.05, 4.69) is 10.4 Å². The van der Waals surface area contributed by atoms with Crippen LogP contribution >= 0.6 is 0 Å². The van der Waals surface area contributed by atoms with Crippen molar-refractivity contribution in [2.24, 2.45) is 7.05 Å². The fourth-order valence-corrected chi connectivity index (χ4v) is 3.65. The maximum atomic E-state index is 14.7. The number of ether oxygens (including phenoxy) is 1. The lowest BCUT2D eigenvalue weighted by atomic mass is 10.1. The van der Waals surface area contributed by atoms with Crippen LogP contribution in [-0.2, 0) is 23.0 Å². The van der Waals surface area contributed by atoms with Crippen LogP contribution in [0.1, 0.15) is 30.8 Å². The third kappa shape index (κ3) is 4.30. The number of carbonyl (C=O) groups is 1. The quantitative estimate of drug-likeness (QED) is 0.894. The number of amides is 1. The first kappa shape index (κ1) is 19.4. The highest BCUT2D eigenvalue weighted by atomic mass is 19.1. The smallest absolute Gasteiger partial charge is 0.228 e. The fourth-order valence-electron chi connectivity index (χ4n) is 3.65. The van der Waals surface area contributed by atoms with Crippen LogP contribution in [0.3, 0.4) is 0 Å². The predicted molar refractivity (Wildman–Crippen MR) is 104 cm³/mol. The second-order valence-corrected chi connectivity index (χ2v) is 7.33. The minimum Gasteiger partial charge on any atom is -0.372 e. The Bertz CT molecular complexity index is 839. The minimum absolute atomic E-state index is 0.0542. The van der Waals surface area contributed by atoms with E-state index in [0.29, 0.717) is 24.5 Å². The van der Waals surface area contributed by atoms with Gasteiger partial charge in [0, 0.05) is 37.1 Å². The zero-order chi connectivity index (χ0) is 19.7. The van der Waals surface area contributed by atoms with Crippen molar-refractivity contribution in [3.05, 3.63) is 41.0 Å². The fraction of sp³-hybridized carbons (Fsp3) is 0.500. The van der Waals surface area contributed by atoms with Crippen LogP contribution in [0, 0.1) is 19.7 Å². The molecule has 1 aromatic carbocycles. The van der Waals surface area contributed by atoms with E-state index in [4.69, 9.17) is 4.74 Å². The number of nitrogens with zero attached hydrogens (tertiary/aromatic N) is 3. The normalized spacial score (nSPS) is 20.0. The summed E-state index contributed by atoms with van der Waals surface area (Å²) in [6.07, 6.45) is 0.324. The van der Waals surface area contributed by atoms with Crippen LogP contribution in [0.25, 0.3) is 0 Å². The van der Waals surface area contributed by atoms with Gasteiger partial charge in [-0.1, -0.05) is 0 Å². The number of aryl methyl sites for hydroxylation is 2. The molecule has 1 aliphatic rings. The van der Waals surface area contributed by atoms with Gasteiger partial charge in [0.1, 0.15) is 5.82 Å². The van der Waals surface area contributed by atoms with Crippen molar-refractivity contribution in [2.75, 3.05) is 23.3 Å². The Kier molecular flexibility index (Phi) is 5.51. The number of benzene rings is 1. The molecule has 0 saturated carbocycles. The van der Waals surface area contributed by atoms with Crippen LogP contribution < -0.4 is 10.2 Å². The molecule has 27 heavy (non-hydrogen) atoms. The third-order valence-electron chi connectivity index (χ3n) is 4.99. The van der Waals surface area contributed by atoms with Crippen molar-refractivity contribution < 1.29 is 13.9 Å². The van der Waals surface area contributed by atoms with Crippen LogP contribution in [0.15, 0.2) is 18.2 Å². The molecular weight excluding hydrogens is 347 g/mol. The van der Waals surface area contributed by atoms with E-state index in [1.54, 1.807) is 16.8 Å². The van der Waals surface area contributed by atoms with Gasteiger partial charge in [-0.2, -0.15) is 5.10 Å². The summed E-state index contributed by atoms with van der Waals surface area (Å²) in [5, 5.41) is 7.10. The van der Waals surface area contributed by atoms with Gasteiger partial charge in [-0.3, -0.25) is 9.48 Å². The van der Waals surface area contributed by atoms with E-state index >= 15 is 0 Å². The zero-order valence-corrected chi connectivity index (χ0v) is 16.5. The van der Waals surface area contributed by atoms with Crippen molar-refractivity contribution in [3.63, 3.8) is 0 Å². The number of morpholine rings is 1. The summed E-state index contributed by atoms with van der Waals surface area (Å²) in [7, 11) is 1.85. The molecule has 2 atom stereocenters. The average molecular weight is 374 g/mol. The molecular formula is C20H27FN4O2. The summed E-state index contributed by atoms with van der Waals surface area (Å²) >= 11 is 0. The molecule has 0 aliphatic carbocycles. The molecule has 1 aliphatic heterocycles. The van der Waals surface area contributed by atoms with Gasteiger partial charge >= 0.3 is 0 Å². The molecule has 7 heteroatoms. The van der Waals surface area contributed by atoms with Gasteiger partial charge in [0.15, 0.2) is 0 Å². The highest BCUT2D eigenvalue weighted by Gasteiger charge is 2.24. The number of carbonyl (C=O) groups excluding carboxylic acids is 1.